The highest BCUT2D eigenvalue weighted by atomic mass is 32.2. The summed E-state index contributed by atoms with van der Waals surface area (Å²) in [6.07, 6.45) is 2.58. The van der Waals surface area contributed by atoms with Crippen LogP contribution in [-0.2, 0) is 5.75 Å². The summed E-state index contributed by atoms with van der Waals surface area (Å²) in [4.78, 5) is 20.0. The standard InChI is InChI=1S/C22H27N3O2S2/c1-15(12-25-9-5-6-10-25)11-23-21(26)20-18(14-29-22-24-16(2)13-28-22)17-7-3-4-8-19(17)27-20/h3-4,7-8,13,15H,5-6,9-12,14H2,1-2H3,(H,23,26). The van der Waals surface area contributed by atoms with Crippen LogP contribution in [0.15, 0.2) is 38.4 Å². The van der Waals surface area contributed by atoms with Crippen LogP contribution in [-0.4, -0.2) is 42.0 Å². The van der Waals surface area contributed by atoms with Crippen LogP contribution < -0.4 is 5.32 Å². The molecule has 1 saturated heterocycles. The minimum absolute atomic E-state index is 0.125. The molecule has 4 rings (SSSR count). The number of nitrogens with zero attached hydrogens (tertiary/aromatic N) is 2. The molecular weight excluding hydrogens is 402 g/mol. The van der Waals surface area contributed by atoms with Crippen LogP contribution in [0.2, 0.25) is 0 Å². The van der Waals surface area contributed by atoms with Crippen LogP contribution in [0.25, 0.3) is 11.0 Å². The van der Waals surface area contributed by atoms with Crippen molar-refractivity contribution in [1.29, 1.82) is 0 Å². The van der Waals surface area contributed by atoms with Crippen LogP contribution in [0.4, 0.5) is 0 Å². The summed E-state index contributed by atoms with van der Waals surface area (Å²) in [5, 5.41) is 6.14. The van der Waals surface area contributed by atoms with Crippen molar-refractivity contribution in [2.24, 2.45) is 5.92 Å². The molecule has 3 heterocycles. The molecule has 1 N–H and O–H groups in total. The molecule has 0 spiro atoms. The van der Waals surface area contributed by atoms with Gasteiger partial charge >= 0.3 is 0 Å². The number of benzene rings is 1. The van der Waals surface area contributed by atoms with Crippen molar-refractivity contribution in [2.75, 3.05) is 26.2 Å². The van der Waals surface area contributed by atoms with Gasteiger partial charge in [-0.3, -0.25) is 4.79 Å². The van der Waals surface area contributed by atoms with E-state index in [1.54, 1.807) is 23.1 Å². The summed E-state index contributed by atoms with van der Waals surface area (Å²) in [5.74, 6) is 1.38. The number of nitrogens with one attached hydrogen (secondary N) is 1. The highest BCUT2D eigenvalue weighted by Crippen LogP contribution is 2.33. The molecule has 2 aromatic heterocycles. The number of fused-ring (bicyclic) bond motifs is 1. The third-order valence-corrected chi connectivity index (χ3v) is 7.39. The number of rotatable bonds is 8. The van der Waals surface area contributed by atoms with Crippen LogP contribution in [0, 0.1) is 12.8 Å². The number of likely N-dealkylation sites (tertiary alicyclic amines) is 1. The first-order valence-electron chi connectivity index (χ1n) is 10.2. The zero-order valence-electron chi connectivity index (χ0n) is 16.9. The van der Waals surface area contributed by atoms with E-state index in [1.807, 2.05) is 36.6 Å². The van der Waals surface area contributed by atoms with E-state index in [1.165, 1.54) is 25.9 Å². The molecule has 0 aliphatic carbocycles. The number of carbonyl (C=O) groups excluding carboxylic acids is 1. The maximum absolute atomic E-state index is 13.0. The molecule has 1 aliphatic rings. The summed E-state index contributed by atoms with van der Waals surface area (Å²) < 4.78 is 6.98. The molecule has 3 aromatic rings. The fraction of sp³-hybridized carbons (Fsp3) is 0.455. The Balaban J connectivity index is 1.45. The van der Waals surface area contributed by atoms with Gasteiger partial charge in [-0.25, -0.2) is 4.98 Å². The average Bonchev–Trinajstić information content (AvgIpc) is 3.44. The second-order valence-corrected chi connectivity index (χ2v) is 9.85. The van der Waals surface area contributed by atoms with Gasteiger partial charge in [-0.15, -0.1) is 11.3 Å². The Labute approximate surface area is 179 Å². The van der Waals surface area contributed by atoms with Crippen molar-refractivity contribution >= 4 is 40.0 Å². The first kappa shape index (κ1) is 20.4. The lowest BCUT2D eigenvalue weighted by atomic mass is 10.1. The van der Waals surface area contributed by atoms with Gasteiger partial charge in [-0.2, -0.15) is 0 Å². The predicted octanol–water partition coefficient (Wildman–Crippen LogP) is 4.95. The Bertz CT molecular complexity index is 976. The van der Waals surface area contributed by atoms with E-state index in [9.17, 15) is 4.79 Å². The summed E-state index contributed by atoms with van der Waals surface area (Å²) >= 11 is 3.29. The van der Waals surface area contributed by atoms with Crippen molar-refractivity contribution < 1.29 is 9.21 Å². The Hall–Kier alpha value is -1.83. The lowest BCUT2D eigenvalue weighted by Gasteiger charge is -2.20. The van der Waals surface area contributed by atoms with Crippen LogP contribution in [0.5, 0.6) is 0 Å². The largest absolute Gasteiger partial charge is 0.451 e. The molecule has 7 heteroatoms. The molecular formula is C22H27N3O2S2. The number of aryl methyl sites for hydroxylation is 1. The van der Waals surface area contributed by atoms with Gasteiger partial charge < -0.3 is 14.6 Å². The number of hydrogen-bond acceptors (Lipinski definition) is 6. The second-order valence-electron chi connectivity index (χ2n) is 7.77. The zero-order valence-corrected chi connectivity index (χ0v) is 18.6. The highest BCUT2D eigenvalue weighted by molar-refractivity contribution is 8.00. The average molecular weight is 430 g/mol. The van der Waals surface area contributed by atoms with Crippen LogP contribution in [0.1, 0.15) is 41.6 Å². The Morgan fingerprint density at radius 1 is 1.34 bits per heavy atom. The van der Waals surface area contributed by atoms with Gasteiger partial charge in [0.2, 0.25) is 0 Å². The molecule has 154 valence electrons. The van der Waals surface area contributed by atoms with E-state index in [4.69, 9.17) is 4.42 Å². The molecule has 1 fully saturated rings. The van der Waals surface area contributed by atoms with Gasteiger partial charge in [-0.05, 0) is 44.8 Å². The van der Waals surface area contributed by atoms with Gasteiger partial charge in [0.1, 0.15) is 9.92 Å². The summed E-state index contributed by atoms with van der Waals surface area (Å²) in [5.41, 5.74) is 2.73. The van der Waals surface area contributed by atoms with Crippen molar-refractivity contribution in [2.45, 2.75) is 36.8 Å². The number of carbonyl (C=O) groups is 1. The highest BCUT2D eigenvalue weighted by Gasteiger charge is 2.22. The Morgan fingerprint density at radius 2 is 2.14 bits per heavy atom. The first-order chi connectivity index (χ1) is 14.1. The van der Waals surface area contributed by atoms with E-state index in [0.717, 1.165) is 33.1 Å². The molecule has 5 nitrogen and oxygen atoms in total. The van der Waals surface area contributed by atoms with Crippen molar-refractivity contribution in [3.63, 3.8) is 0 Å². The van der Waals surface area contributed by atoms with Gasteiger partial charge in [0.05, 0.1) is 0 Å². The van der Waals surface area contributed by atoms with Gasteiger partial charge in [0, 0.05) is 40.9 Å². The maximum Gasteiger partial charge on any atom is 0.287 e. The monoisotopic (exact) mass is 429 g/mol. The SMILES string of the molecule is Cc1csc(SCc2c(C(=O)NCC(C)CN3CCCC3)oc3ccccc23)n1. The van der Waals surface area contributed by atoms with E-state index in [0.29, 0.717) is 24.0 Å². The van der Waals surface area contributed by atoms with E-state index >= 15 is 0 Å². The normalized spacial score (nSPS) is 15.8. The Morgan fingerprint density at radius 3 is 2.90 bits per heavy atom. The number of para-hydroxylation sites is 1. The smallest absolute Gasteiger partial charge is 0.287 e. The molecule has 0 radical (unpaired) electrons. The zero-order chi connectivity index (χ0) is 20.2. The van der Waals surface area contributed by atoms with Crippen LogP contribution >= 0.6 is 23.1 Å². The quantitative estimate of drug-likeness (QED) is 0.513. The molecule has 1 atom stereocenters. The van der Waals surface area contributed by atoms with Gasteiger partial charge in [0.25, 0.3) is 5.91 Å². The molecule has 1 aliphatic heterocycles. The minimum atomic E-state index is -0.125. The fourth-order valence-corrected chi connectivity index (χ4v) is 5.65. The predicted molar refractivity (Wildman–Crippen MR) is 120 cm³/mol. The topological polar surface area (TPSA) is 58.4 Å². The molecule has 1 aromatic carbocycles. The third-order valence-electron chi connectivity index (χ3n) is 5.22. The second kappa shape index (κ2) is 9.32. The third kappa shape index (κ3) is 5.02. The van der Waals surface area contributed by atoms with E-state index < -0.39 is 0 Å². The number of thioether (sulfide) groups is 1. The number of thiazole rings is 1. The number of furan rings is 1. The summed E-state index contributed by atoms with van der Waals surface area (Å²) in [6.45, 7) is 8.24. The lowest BCUT2D eigenvalue weighted by molar-refractivity contribution is 0.0918. The lowest BCUT2D eigenvalue weighted by Crippen LogP contribution is -2.34. The Kier molecular flexibility index (Phi) is 6.57. The molecule has 1 amide bonds. The van der Waals surface area contributed by atoms with Crippen molar-refractivity contribution in [3.8, 4) is 0 Å². The molecule has 0 bridgehead atoms. The molecule has 0 saturated carbocycles. The molecule has 29 heavy (non-hydrogen) atoms. The number of amides is 1. The van der Waals surface area contributed by atoms with E-state index in [-0.39, 0.29) is 5.91 Å². The van der Waals surface area contributed by atoms with E-state index in [2.05, 4.69) is 22.1 Å². The van der Waals surface area contributed by atoms with Crippen molar-refractivity contribution in [1.82, 2.24) is 15.2 Å². The first-order valence-corrected chi connectivity index (χ1v) is 12.0. The fourth-order valence-electron chi connectivity index (χ4n) is 3.78. The van der Waals surface area contributed by atoms with Crippen molar-refractivity contribution in [3.05, 3.63) is 46.7 Å². The molecule has 1 unspecified atom stereocenters. The number of hydrogen-bond donors (Lipinski definition) is 1. The van der Waals surface area contributed by atoms with Crippen LogP contribution in [0.3, 0.4) is 0 Å². The number of aromatic nitrogens is 1. The summed E-state index contributed by atoms with van der Waals surface area (Å²) in [7, 11) is 0. The van der Waals surface area contributed by atoms with Gasteiger partial charge in [-0.1, -0.05) is 36.9 Å². The maximum atomic E-state index is 13.0. The van der Waals surface area contributed by atoms with Gasteiger partial charge in [0.15, 0.2) is 5.76 Å². The minimum Gasteiger partial charge on any atom is -0.451 e. The summed E-state index contributed by atoms with van der Waals surface area (Å²) in [6, 6.07) is 7.87.